The molecule has 13 heteroatoms. The summed E-state index contributed by atoms with van der Waals surface area (Å²) in [7, 11) is -3.79. The molecule has 0 spiro atoms. The highest BCUT2D eigenvalue weighted by atomic mass is 35.5. The number of halogens is 2. The average molecular weight is 584 g/mol. The Morgan fingerprint density at radius 3 is 2.41 bits per heavy atom. The summed E-state index contributed by atoms with van der Waals surface area (Å²) in [5, 5.41) is 0.755. The lowest BCUT2D eigenvalue weighted by Crippen LogP contribution is -2.50. The van der Waals surface area contributed by atoms with Crippen LogP contribution in [0.1, 0.15) is 17.3 Å². The van der Waals surface area contributed by atoms with Crippen molar-refractivity contribution in [2.45, 2.75) is 18.4 Å². The van der Waals surface area contributed by atoms with Crippen LogP contribution in [0.15, 0.2) is 58.9 Å². The highest BCUT2D eigenvalue weighted by Gasteiger charge is 2.30. The van der Waals surface area contributed by atoms with E-state index >= 15 is 0 Å². The number of piperazine rings is 1. The predicted octanol–water partition coefficient (Wildman–Crippen LogP) is 4.40. The lowest BCUT2D eigenvalue weighted by Gasteiger charge is -2.33. The minimum absolute atomic E-state index is 0.0543. The van der Waals surface area contributed by atoms with Crippen LogP contribution in [-0.2, 0) is 21.3 Å². The number of sulfonamides is 1. The Hall–Kier alpha value is -2.70. The highest BCUT2D eigenvalue weighted by molar-refractivity contribution is 7.89. The van der Waals surface area contributed by atoms with E-state index in [4.69, 9.17) is 27.9 Å². The van der Waals surface area contributed by atoms with Gasteiger partial charge < -0.3 is 14.2 Å². The van der Waals surface area contributed by atoms with Gasteiger partial charge in [-0.25, -0.2) is 13.2 Å². The van der Waals surface area contributed by atoms with E-state index in [-0.39, 0.29) is 43.2 Å². The number of aromatic nitrogens is 1. The van der Waals surface area contributed by atoms with Gasteiger partial charge in [0, 0.05) is 38.3 Å². The highest BCUT2D eigenvalue weighted by Crippen LogP contribution is 2.32. The molecule has 3 aromatic rings. The van der Waals surface area contributed by atoms with E-state index in [1.807, 2.05) is 6.07 Å². The fraction of sp³-hybridized carbons (Fsp3) is 0.292. The van der Waals surface area contributed by atoms with Gasteiger partial charge in [0.15, 0.2) is 4.80 Å². The monoisotopic (exact) mass is 582 g/mol. The second-order valence-corrected chi connectivity index (χ2v) is 11.8. The van der Waals surface area contributed by atoms with Gasteiger partial charge in [-0.05, 0) is 43.3 Å². The number of fused-ring (bicyclic) bond motifs is 1. The van der Waals surface area contributed by atoms with E-state index in [9.17, 15) is 18.0 Å². The van der Waals surface area contributed by atoms with Gasteiger partial charge in [0.1, 0.15) is 0 Å². The first-order valence-corrected chi connectivity index (χ1v) is 14.4. The van der Waals surface area contributed by atoms with Crippen LogP contribution in [0.3, 0.4) is 0 Å². The Kier molecular flexibility index (Phi) is 8.39. The van der Waals surface area contributed by atoms with Gasteiger partial charge in [0.2, 0.25) is 10.0 Å². The summed E-state index contributed by atoms with van der Waals surface area (Å²) in [6.45, 7) is 6.88. The molecule has 4 rings (SSSR count). The van der Waals surface area contributed by atoms with Crippen LogP contribution < -0.4 is 4.80 Å². The molecule has 1 aromatic heterocycles. The molecule has 2 heterocycles. The first-order valence-electron chi connectivity index (χ1n) is 11.4. The zero-order valence-corrected chi connectivity index (χ0v) is 23.0. The van der Waals surface area contributed by atoms with Crippen LogP contribution in [0.2, 0.25) is 10.0 Å². The summed E-state index contributed by atoms with van der Waals surface area (Å²) in [5.74, 6) is -0.529. The first kappa shape index (κ1) is 27.3. The zero-order chi connectivity index (χ0) is 26.7. The molecule has 1 aliphatic heterocycles. The molecule has 1 saturated heterocycles. The summed E-state index contributed by atoms with van der Waals surface area (Å²) >= 11 is 13.9. The number of carbonyl (C=O) groups excluding carboxylic acids is 2. The fourth-order valence-electron chi connectivity index (χ4n) is 3.88. The predicted molar refractivity (Wildman–Crippen MR) is 144 cm³/mol. The van der Waals surface area contributed by atoms with Gasteiger partial charge in [-0.2, -0.15) is 9.30 Å². The fourth-order valence-corrected chi connectivity index (χ4v) is 6.83. The van der Waals surface area contributed by atoms with Crippen LogP contribution in [0.25, 0.3) is 10.2 Å². The molecule has 9 nitrogen and oxygen atoms in total. The summed E-state index contributed by atoms with van der Waals surface area (Å²) in [4.78, 5) is 31.0. The smallest absolute Gasteiger partial charge is 0.409 e. The van der Waals surface area contributed by atoms with Gasteiger partial charge in [-0.3, -0.25) is 4.79 Å². The zero-order valence-electron chi connectivity index (χ0n) is 19.9. The Balaban J connectivity index is 1.56. The molecule has 2 amide bonds. The van der Waals surface area contributed by atoms with Crippen LogP contribution in [0.4, 0.5) is 4.79 Å². The number of hydrogen-bond donors (Lipinski definition) is 0. The number of amides is 2. The molecule has 0 bridgehead atoms. The number of rotatable bonds is 6. The van der Waals surface area contributed by atoms with Gasteiger partial charge in [0.25, 0.3) is 5.91 Å². The van der Waals surface area contributed by atoms with Crippen LogP contribution in [-0.4, -0.2) is 67.0 Å². The van der Waals surface area contributed by atoms with E-state index in [0.29, 0.717) is 26.9 Å². The topological polar surface area (TPSA) is 101 Å². The first-order chi connectivity index (χ1) is 17.7. The Bertz CT molecular complexity index is 1520. The number of carbonyl (C=O) groups is 2. The van der Waals surface area contributed by atoms with Crippen molar-refractivity contribution in [1.29, 1.82) is 0 Å². The molecule has 196 valence electrons. The van der Waals surface area contributed by atoms with Crippen molar-refractivity contribution < 1.29 is 22.7 Å². The van der Waals surface area contributed by atoms with E-state index < -0.39 is 22.0 Å². The number of hydrogen-bond acceptors (Lipinski definition) is 6. The second-order valence-electron chi connectivity index (χ2n) is 8.02. The number of benzene rings is 2. The Labute approximate surface area is 228 Å². The summed E-state index contributed by atoms with van der Waals surface area (Å²) in [6, 6.07) is 9.13. The molecule has 0 N–H and O–H groups in total. The second kappa shape index (κ2) is 11.4. The SMILES string of the molecule is C=CCn1c(=NC(=O)c2ccc(S(=O)(=O)N3CCN(C(=O)OCC)CC3)cc2)sc2ccc(Cl)c(Cl)c21. The molecule has 0 radical (unpaired) electrons. The van der Waals surface area contributed by atoms with Crippen molar-refractivity contribution in [2.24, 2.45) is 4.99 Å². The van der Waals surface area contributed by atoms with Crippen LogP contribution >= 0.6 is 34.5 Å². The van der Waals surface area contributed by atoms with E-state index in [1.165, 1.54) is 44.8 Å². The maximum absolute atomic E-state index is 13.1. The molecular weight excluding hydrogens is 559 g/mol. The summed E-state index contributed by atoms with van der Waals surface area (Å²) in [6.07, 6.45) is 1.21. The maximum Gasteiger partial charge on any atom is 0.409 e. The third-order valence-electron chi connectivity index (χ3n) is 5.75. The molecule has 2 aromatic carbocycles. The minimum Gasteiger partial charge on any atom is -0.450 e. The lowest BCUT2D eigenvalue weighted by molar-refractivity contribution is 0.0933. The standard InChI is InChI=1S/C24H24Cl2N4O5S2/c1-3-11-30-21-19(10-9-18(25)20(21)26)36-23(30)27-22(31)16-5-7-17(8-6-16)37(33,34)29-14-12-28(13-15-29)24(32)35-4-2/h3,5-10H,1,4,11-15H2,2H3. The number of thiazole rings is 1. The van der Waals surface area contributed by atoms with E-state index in [0.717, 1.165) is 4.70 Å². The lowest BCUT2D eigenvalue weighted by atomic mass is 10.2. The number of ether oxygens (including phenoxy) is 1. The largest absolute Gasteiger partial charge is 0.450 e. The maximum atomic E-state index is 13.1. The normalized spacial score (nSPS) is 15.2. The van der Waals surface area contributed by atoms with Gasteiger partial charge in [-0.1, -0.05) is 40.6 Å². The summed E-state index contributed by atoms with van der Waals surface area (Å²) in [5.41, 5.74) is 0.896. The van der Waals surface area contributed by atoms with Crippen molar-refractivity contribution in [3.63, 3.8) is 0 Å². The Morgan fingerprint density at radius 1 is 1.11 bits per heavy atom. The molecular formula is C24H24Cl2N4O5S2. The van der Waals surface area contributed by atoms with Gasteiger partial charge in [0.05, 0.1) is 31.8 Å². The molecule has 0 unspecified atom stereocenters. The molecule has 0 atom stereocenters. The van der Waals surface area contributed by atoms with Crippen LogP contribution in [0.5, 0.6) is 0 Å². The van der Waals surface area contributed by atoms with Crippen LogP contribution in [0, 0.1) is 0 Å². The molecule has 1 fully saturated rings. The average Bonchev–Trinajstić information content (AvgIpc) is 3.24. The summed E-state index contributed by atoms with van der Waals surface area (Å²) < 4.78 is 35.0. The van der Waals surface area contributed by atoms with Gasteiger partial charge >= 0.3 is 6.09 Å². The number of allylic oxidation sites excluding steroid dienone is 1. The number of nitrogens with zero attached hydrogens (tertiary/aromatic N) is 4. The van der Waals surface area contributed by atoms with E-state index in [2.05, 4.69) is 11.6 Å². The van der Waals surface area contributed by atoms with Crippen molar-refractivity contribution in [3.05, 3.63) is 69.5 Å². The Morgan fingerprint density at radius 2 is 1.78 bits per heavy atom. The van der Waals surface area contributed by atoms with Gasteiger partial charge in [-0.15, -0.1) is 6.58 Å². The van der Waals surface area contributed by atoms with Crippen molar-refractivity contribution in [1.82, 2.24) is 13.8 Å². The molecule has 0 aliphatic carbocycles. The third kappa shape index (κ3) is 5.60. The molecule has 1 aliphatic rings. The van der Waals surface area contributed by atoms with Crippen molar-refractivity contribution in [3.8, 4) is 0 Å². The quantitative estimate of drug-likeness (QED) is 0.401. The molecule has 37 heavy (non-hydrogen) atoms. The van der Waals surface area contributed by atoms with Crippen molar-refractivity contribution >= 4 is 66.8 Å². The molecule has 0 saturated carbocycles. The third-order valence-corrected chi connectivity index (χ3v) is 9.50. The van der Waals surface area contributed by atoms with Crippen molar-refractivity contribution in [2.75, 3.05) is 32.8 Å². The van der Waals surface area contributed by atoms with E-state index in [1.54, 1.807) is 23.6 Å². The minimum atomic E-state index is -3.79.